The predicted molar refractivity (Wildman–Crippen MR) is 80.1 cm³/mol. The van der Waals surface area contributed by atoms with Crippen molar-refractivity contribution in [2.75, 3.05) is 26.0 Å². The maximum absolute atomic E-state index is 11.8. The van der Waals surface area contributed by atoms with Crippen LogP contribution < -0.4 is 15.8 Å². The first-order chi connectivity index (χ1) is 9.39. The molecule has 0 unspecified atom stereocenters. The Kier molecular flexibility index (Phi) is 5.82. The lowest BCUT2D eigenvalue weighted by Crippen LogP contribution is -2.25. The number of benzene rings is 1. The van der Waals surface area contributed by atoms with E-state index >= 15 is 0 Å². The van der Waals surface area contributed by atoms with E-state index in [1.165, 1.54) is 0 Å². The molecule has 0 fully saturated rings. The molecule has 0 aliphatic carbocycles. The van der Waals surface area contributed by atoms with Crippen molar-refractivity contribution in [1.82, 2.24) is 5.32 Å². The molecule has 0 aromatic heterocycles. The van der Waals surface area contributed by atoms with E-state index in [-0.39, 0.29) is 11.5 Å². The van der Waals surface area contributed by atoms with Gasteiger partial charge in [-0.05, 0) is 39.0 Å². The number of anilines is 1. The highest BCUT2D eigenvalue weighted by Crippen LogP contribution is 2.24. The first-order valence-corrected chi connectivity index (χ1v) is 6.75. The molecule has 1 amide bonds. The smallest absolute Gasteiger partial charge is 0.251 e. The van der Waals surface area contributed by atoms with Gasteiger partial charge in [0.2, 0.25) is 0 Å². The van der Waals surface area contributed by atoms with Crippen LogP contribution in [0.3, 0.4) is 0 Å². The van der Waals surface area contributed by atoms with Crippen molar-refractivity contribution in [2.24, 2.45) is 0 Å². The Hall–Kier alpha value is -1.75. The Balaban J connectivity index is 2.70. The number of carbonyl (C=O) groups excluding carboxylic acids is 1. The summed E-state index contributed by atoms with van der Waals surface area (Å²) in [6, 6.07) is 5.04. The SMILES string of the molecule is CCNC(=O)c1ccc(N)c(OCCC(C)(C)OC)c1. The fourth-order valence-electron chi connectivity index (χ4n) is 1.57. The maximum atomic E-state index is 11.8. The van der Waals surface area contributed by atoms with Gasteiger partial charge in [0.25, 0.3) is 5.91 Å². The van der Waals surface area contributed by atoms with Crippen LogP contribution in [-0.4, -0.2) is 31.8 Å². The number of nitrogen functional groups attached to an aromatic ring is 1. The molecule has 0 heterocycles. The highest BCUT2D eigenvalue weighted by atomic mass is 16.5. The van der Waals surface area contributed by atoms with E-state index < -0.39 is 0 Å². The second kappa shape index (κ2) is 7.14. The fraction of sp³-hybridized carbons (Fsp3) is 0.533. The van der Waals surface area contributed by atoms with Gasteiger partial charge in [-0.2, -0.15) is 0 Å². The topological polar surface area (TPSA) is 73.6 Å². The molecule has 0 aliphatic heterocycles. The Morgan fingerprint density at radius 2 is 2.10 bits per heavy atom. The van der Waals surface area contributed by atoms with Crippen LogP contribution in [0.1, 0.15) is 37.6 Å². The van der Waals surface area contributed by atoms with E-state index in [2.05, 4.69) is 5.32 Å². The van der Waals surface area contributed by atoms with Gasteiger partial charge in [-0.15, -0.1) is 0 Å². The Labute approximate surface area is 120 Å². The molecular formula is C15H24N2O3. The average molecular weight is 280 g/mol. The molecule has 0 saturated heterocycles. The molecule has 5 heteroatoms. The first kappa shape index (κ1) is 16.3. The zero-order valence-corrected chi connectivity index (χ0v) is 12.7. The molecular weight excluding hydrogens is 256 g/mol. The molecule has 112 valence electrons. The lowest BCUT2D eigenvalue weighted by atomic mass is 10.1. The van der Waals surface area contributed by atoms with Crippen LogP contribution in [0.15, 0.2) is 18.2 Å². The Morgan fingerprint density at radius 3 is 2.70 bits per heavy atom. The first-order valence-electron chi connectivity index (χ1n) is 6.75. The summed E-state index contributed by atoms with van der Waals surface area (Å²) in [4.78, 5) is 11.8. The van der Waals surface area contributed by atoms with Gasteiger partial charge in [-0.3, -0.25) is 4.79 Å². The van der Waals surface area contributed by atoms with Gasteiger partial charge >= 0.3 is 0 Å². The second-order valence-corrected chi connectivity index (χ2v) is 5.17. The number of carbonyl (C=O) groups is 1. The van der Waals surface area contributed by atoms with Gasteiger partial charge in [0.05, 0.1) is 17.9 Å². The summed E-state index contributed by atoms with van der Waals surface area (Å²) in [6.07, 6.45) is 0.730. The normalized spacial score (nSPS) is 11.2. The van der Waals surface area contributed by atoms with E-state index in [0.29, 0.717) is 30.2 Å². The van der Waals surface area contributed by atoms with Crippen LogP contribution in [0, 0.1) is 0 Å². The second-order valence-electron chi connectivity index (χ2n) is 5.17. The highest BCUT2D eigenvalue weighted by Gasteiger charge is 2.16. The molecule has 1 aromatic rings. The zero-order chi connectivity index (χ0) is 15.2. The molecule has 0 bridgehead atoms. The van der Waals surface area contributed by atoms with Crippen molar-refractivity contribution < 1.29 is 14.3 Å². The van der Waals surface area contributed by atoms with E-state index in [4.69, 9.17) is 15.2 Å². The summed E-state index contributed by atoms with van der Waals surface area (Å²) in [7, 11) is 1.67. The summed E-state index contributed by atoms with van der Waals surface area (Å²) in [5.41, 5.74) is 6.68. The van der Waals surface area contributed by atoms with Crippen LogP contribution in [0.2, 0.25) is 0 Å². The Morgan fingerprint density at radius 1 is 1.40 bits per heavy atom. The fourth-order valence-corrected chi connectivity index (χ4v) is 1.57. The van der Waals surface area contributed by atoms with Gasteiger partial charge in [-0.25, -0.2) is 0 Å². The maximum Gasteiger partial charge on any atom is 0.251 e. The van der Waals surface area contributed by atoms with Crippen LogP contribution >= 0.6 is 0 Å². The summed E-state index contributed by atoms with van der Waals surface area (Å²) < 4.78 is 11.0. The Bertz CT molecular complexity index is 458. The van der Waals surface area contributed by atoms with Gasteiger partial charge in [0, 0.05) is 25.6 Å². The van der Waals surface area contributed by atoms with Crippen molar-refractivity contribution in [3.8, 4) is 5.75 Å². The number of methoxy groups -OCH3 is 1. The van der Waals surface area contributed by atoms with Crippen LogP contribution in [0.4, 0.5) is 5.69 Å². The molecule has 1 rings (SSSR count). The van der Waals surface area contributed by atoms with Gasteiger partial charge < -0.3 is 20.5 Å². The highest BCUT2D eigenvalue weighted by molar-refractivity contribution is 5.95. The predicted octanol–water partition coefficient (Wildman–Crippen LogP) is 2.21. The van der Waals surface area contributed by atoms with E-state index in [1.807, 2.05) is 20.8 Å². The zero-order valence-electron chi connectivity index (χ0n) is 12.7. The molecule has 20 heavy (non-hydrogen) atoms. The van der Waals surface area contributed by atoms with Crippen LogP contribution in [-0.2, 0) is 4.74 Å². The summed E-state index contributed by atoms with van der Waals surface area (Å²) in [5.74, 6) is 0.398. The van der Waals surface area contributed by atoms with Crippen molar-refractivity contribution in [3.63, 3.8) is 0 Å². The number of ether oxygens (including phenoxy) is 2. The number of rotatable bonds is 7. The standard InChI is InChI=1S/C15H24N2O3/c1-5-17-14(18)11-6-7-12(16)13(10-11)20-9-8-15(2,3)19-4/h6-7,10H,5,8-9,16H2,1-4H3,(H,17,18). The average Bonchev–Trinajstić information content (AvgIpc) is 2.41. The lowest BCUT2D eigenvalue weighted by Gasteiger charge is -2.22. The van der Waals surface area contributed by atoms with Crippen molar-refractivity contribution in [3.05, 3.63) is 23.8 Å². The number of nitrogens with one attached hydrogen (secondary N) is 1. The number of hydrogen-bond acceptors (Lipinski definition) is 4. The molecule has 1 aromatic carbocycles. The molecule has 3 N–H and O–H groups in total. The van der Waals surface area contributed by atoms with Crippen LogP contribution in [0.5, 0.6) is 5.75 Å². The monoisotopic (exact) mass is 280 g/mol. The third-order valence-corrected chi connectivity index (χ3v) is 3.13. The molecule has 5 nitrogen and oxygen atoms in total. The van der Waals surface area contributed by atoms with E-state index in [1.54, 1.807) is 25.3 Å². The summed E-state index contributed by atoms with van der Waals surface area (Å²) in [5, 5.41) is 2.74. The quantitative estimate of drug-likeness (QED) is 0.751. The third kappa shape index (κ3) is 4.74. The van der Waals surface area contributed by atoms with Gasteiger partial charge in [0.15, 0.2) is 0 Å². The van der Waals surface area contributed by atoms with Gasteiger partial charge in [0.1, 0.15) is 5.75 Å². The van der Waals surface area contributed by atoms with Crippen LogP contribution in [0.25, 0.3) is 0 Å². The van der Waals surface area contributed by atoms with Crippen molar-refractivity contribution in [2.45, 2.75) is 32.8 Å². The molecule has 0 aliphatic rings. The summed E-state index contributed by atoms with van der Waals surface area (Å²) >= 11 is 0. The minimum absolute atomic E-state index is 0.130. The minimum atomic E-state index is -0.244. The summed E-state index contributed by atoms with van der Waals surface area (Å²) in [6.45, 7) is 6.92. The van der Waals surface area contributed by atoms with Gasteiger partial charge in [-0.1, -0.05) is 0 Å². The molecule has 0 radical (unpaired) electrons. The number of hydrogen-bond donors (Lipinski definition) is 2. The van der Waals surface area contributed by atoms with Crippen molar-refractivity contribution in [1.29, 1.82) is 0 Å². The molecule has 0 spiro atoms. The third-order valence-electron chi connectivity index (χ3n) is 3.13. The largest absolute Gasteiger partial charge is 0.491 e. The minimum Gasteiger partial charge on any atom is -0.491 e. The van der Waals surface area contributed by atoms with E-state index in [9.17, 15) is 4.79 Å². The molecule has 0 atom stereocenters. The van der Waals surface area contributed by atoms with Crippen molar-refractivity contribution >= 4 is 11.6 Å². The lowest BCUT2D eigenvalue weighted by molar-refractivity contribution is 0.00550. The van der Waals surface area contributed by atoms with E-state index in [0.717, 1.165) is 6.42 Å². The number of amides is 1. The number of nitrogens with two attached hydrogens (primary N) is 1. The molecule has 0 saturated carbocycles.